The minimum Gasteiger partial charge on any atom is -0.489 e. The third-order valence-corrected chi connectivity index (χ3v) is 3.72. The van der Waals surface area contributed by atoms with Crippen molar-refractivity contribution in [3.63, 3.8) is 0 Å². The first-order valence-corrected chi connectivity index (χ1v) is 8.70. The highest BCUT2D eigenvalue weighted by Crippen LogP contribution is 2.20. The van der Waals surface area contributed by atoms with Crippen molar-refractivity contribution in [3.8, 4) is 5.75 Å². The number of non-ortho nitro benzene ring substituents is 1. The van der Waals surface area contributed by atoms with E-state index >= 15 is 0 Å². The number of nitrogens with zero attached hydrogens (tertiary/aromatic N) is 1. The number of hydrogen-bond acceptors (Lipinski definition) is 8. The highest BCUT2D eigenvalue weighted by atomic mass is 16.6. The quantitative estimate of drug-likeness (QED) is 0.206. The first-order valence-electron chi connectivity index (χ1n) is 8.70. The zero-order valence-electron chi connectivity index (χ0n) is 15.9. The van der Waals surface area contributed by atoms with Crippen LogP contribution in [-0.4, -0.2) is 42.5 Å². The predicted molar refractivity (Wildman–Crippen MR) is 101 cm³/mol. The van der Waals surface area contributed by atoms with Crippen LogP contribution >= 0.6 is 0 Å². The minimum absolute atomic E-state index is 0.0320. The number of rotatable bonds is 9. The second-order valence-electron chi connectivity index (χ2n) is 5.78. The summed E-state index contributed by atoms with van der Waals surface area (Å²) < 4.78 is 15.3. The summed E-state index contributed by atoms with van der Waals surface area (Å²) in [5, 5.41) is 11.1. The number of Topliss-reactive ketones (excluding diaryl/α,β-unsaturated/α-hetero) is 1. The van der Waals surface area contributed by atoms with Crippen LogP contribution in [0.5, 0.6) is 5.75 Å². The van der Waals surface area contributed by atoms with Gasteiger partial charge in [-0.05, 0) is 32.0 Å². The van der Waals surface area contributed by atoms with Crippen LogP contribution in [0.1, 0.15) is 44.9 Å². The Bertz CT molecular complexity index is 938. The third-order valence-electron chi connectivity index (χ3n) is 3.72. The summed E-state index contributed by atoms with van der Waals surface area (Å²) in [5.74, 6) is -1.45. The Labute approximate surface area is 166 Å². The molecule has 152 valence electrons. The molecule has 0 aliphatic carbocycles. The number of ketones is 1. The molecular weight excluding hydrogens is 382 g/mol. The van der Waals surface area contributed by atoms with Crippen LogP contribution < -0.4 is 4.74 Å². The molecule has 0 radical (unpaired) electrons. The lowest BCUT2D eigenvalue weighted by atomic mass is 10.1. The number of benzene rings is 2. The van der Waals surface area contributed by atoms with Crippen molar-refractivity contribution in [2.45, 2.75) is 13.8 Å². The molecular formula is C20H19NO8. The molecule has 0 heterocycles. The van der Waals surface area contributed by atoms with Gasteiger partial charge in [0.15, 0.2) is 5.78 Å². The van der Waals surface area contributed by atoms with Gasteiger partial charge in [-0.1, -0.05) is 12.1 Å². The lowest BCUT2D eigenvalue weighted by Crippen LogP contribution is -2.14. The Kier molecular flexibility index (Phi) is 7.41. The monoisotopic (exact) mass is 401 g/mol. The normalized spacial score (nSPS) is 10.1. The van der Waals surface area contributed by atoms with Crippen molar-refractivity contribution in [1.29, 1.82) is 0 Å². The van der Waals surface area contributed by atoms with Crippen molar-refractivity contribution in [2.24, 2.45) is 0 Å². The molecule has 0 spiro atoms. The van der Waals surface area contributed by atoms with Gasteiger partial charge in [0.2, 0.25) is 0 Å². The number of nitro benzene ring substituents is 1. The topological polar surface area (TPSA) is 122 Å². The molecule has 0 atom stereocenters. The fourth-order valence-electron chi connectivity index (χ4n) is 2.42. The first-order chi connectivity index (χ1) is 13.8. The molecule has 0 aliphatic rings. The summed E-state index contributed by atoms with van der Waals surface area (Å²) in [5.41, 5.74) is -0.322. The number of ether oxygens (including phenoxy) is 3. The largest absolute Gasteiger partial charge is 0.489 e. The summed E-state index contributed by atoms with van der Waals surface area (Å²) in [6, 6.07) is 9.84. The van der Waals surface area contributed by atoms with Gasteiger partial charge in [0.25, 0.3) is 5.69 Å². The van der Waals surface area contributed by atoms with Crippen LogP contribution in [0.4, 0.5) is 5.69 Å². The van der Waals surface area contributed by atoms with E-state index in [0.29, 0.717) is 11.3 Å². The van der Waals surface area contributed by atoms with Gasteiger partial charge in [-0.2, -0.15) is 0 Å². The maximum Gasteiger partial charge on any atom is 0.338 e. The van der Waals surface area contributed by atoms with Gasteiger partial charge in [0.05, 0.1) is 28.2 Å². The van der Waals surface area contributed by atoms with E-state index in [9.17, 15) is 24.5 Å². The molecule has 0 amide bonds. The number of para-hydroxylation sites is 1. The molecule has 0 N–H and O–H groups in total. The van der Waals surface area contributed by atoms with Gasteiger partial charge in [0.1, 0.15) is 19.0 Å². The Balaban J connectivity index is 2.04. The smallest absolute Gasteiger partial charge is 0.338 e. The highest BCUT2D eigenvalue weighted by molar-refractivity contribution is 5.97. The van der Waals surface area contributed by atoms with E-state index in [1.807, 2.05) is 0 Å². The summed E-state index contributed by atoms with van der Waals surface area (Å²) in [4.78, 5) is 46.0. The first kappa shape index (κ1) is 21.5. The van der Waals surface area contributed by atoms with E-state index in [2.05, 4.69) is 0 Å². The Morgan fingerprint density at radius 1 is 0.966 bits per heavy atom. The SMILES string of the molecule is CCOC(=O)c1cc(C(=O)OCCOc2ccccc2C(C)=O)cc([N+](=O)[O-])c1. The average molecular weight is 401 g/mol. The molecule has 0 aromatic heterocycles. The molecule has 0 saturated heterocycles. The van der Waals surface area contributed by atoms with Gasteiger partial charge in [-0.25, -0.2) is 9.59 Å². The van der Waals surface area contributed by atoms with E-state index < -0.39 is 22.5 Å². The highest BCUT2D eigenvalue weighted by Gasteiger charge is 2.19. The molecule has 0 saturated carbocycles. The molecule has 29 heavy (non-hydrogen) atoms. The van der Waals surface area contributed by atoms with Gasteiger partial charge in [0, 0.05) is 12.1 Å². The van der Waals surface area contributed by atoms with Gasteiger partial charge < -0.3 is 14.2 Å². The zero-order chi connectivity index (χ0) is 21.4. The van der Waals surface area contributed by atoms with Crippen LogP contribution in [-0.2, 0) is 9.47 Å². The number of nitro groups is 1. The minimum atomic E-state index is -0.859. The van der Waals surface area contributed by atoms with E-state index in [1.54, 1.807) is 31.2 Å². The van der Waals surface area contributed by atoms with Crippen molar-refractivity contribution >= 4 is 23.4 Å². The van der Waals surface area contributed by atoms with Crippen molar-refractivity contribution in [2.75, 3.05) is 19.8 Å². The van der Waals surface area contributed by atoms with Crippen LogP contribution in [0.25, 0.3) is 0 Å². The second kappa shape index (κ2) is 9.98. The van der Waals surface area contributed by atoms with Crippen LogP contribution in [0.15, 0.2) is 42.5 Å². The maximum absolute atomic E-state index is 12.2. The van der Waals surface area contributed by atoms with E-state index in [0.717, 1.165) is 12.1 Å². The molecule has 0 unspecified atom stereocenters. The fraction of sp³-hybridized carbons (Fsp3) is 0.250. The summed E-state index contributed by atoms with van der Waals surface area (Å²) in [7, 11) is 0. The molecule has 0 fully saturated rings. The number of hydrogen-bond donors (Lipinski definition) is 0. The van der Waals surface area contributed by atoms with E-state index in [4.69, 9.17) is 14.2 Å². The average Bonchev–Trinajstić information content (AvgIpc) is 2.71. The summed E-state index contributed by atoms with van der Waals surface area (Å²) in [6.45, 7) is 2.89. The zero-order valence-corrected chi connectivity index (χ0v) is 15.9. The molecule has 2 aromatic rings. The van der Waals surface area contributed by atoms with Gasteiger partial charge in [-0.15, -0.1) is 0 Å². The van der Waals surface area contributed by atoms with E-state index in [-0.39, 0.29) is 36.7 Å². The number of esters is 2. The van der Waals surface area contributed by atoms with Crippen LogP contribution in [0.3, 0.4) is 0 Å². The molecule has 0 aliphatic heterocycles. The van der Waals surface area contributed by atoms with Crippen molar-refractivity contribution in [1.82, 2.24) is 0 Å². The maximum atomic E-state index is 12.2. The standard InChI is InChI=1S/C20H19NO8/c1-3-27-19(23)14-10-15(12-16(11-14)21(25)26)20(24)29-9-8-28-18-7-5-4-6-17(18)13(2)22/h4-7,10-12H,3,8-9H2,1-2H3. The molecule has 9 nitrogen and oxygen atoms in total. The lowest BCUT2D eigenvalue weighted by Gasteiger charge is -2.10. The number of carbonyl (C=O) groups is 3. The van der Waals surface area contributed by atoms with Crippen LogP contribution in [0, 0.1) is 10.1 Å². The van der Waals surface area contributed by atoms with Crippen molar-refractivity contribution < 1.29 is 33.5 Å². The Hall–Kier alpha value is -3.75. The van der Waals surface area contributed by atoms with Gasteiger partial charge in [-0.3, -0.25) is 14.9 Å². The van der Waals surface area contributed by atoms with Gasteiger partial charge >= 0.3 is 11.9 Å². The summed E-state index contributed by atoms with van der Waals surface area (Å²) in [6.07, 6.45) is 0. The molecule has 2 aromatic carbocycles. The Morgan fingerprint density at radius 3 is 2.17 bits per heavy atom. The van der Waals surface area contributed by atoms with E-state index in [1.165, 1.54) is 13.0 Å². The number of carbonyl (C=O) groups excluding carboxylic acids is 3. The third kappa shape index (κ3) is 5.86. The lowest BCUT2D eigenvalue weighted by molar-refractivity contribution is -0.384. The summed E-state index contributed by atoms with van der Waals surface area (Å²) >= 11 is 0. The second-order valence-corrected chi connectivity index (χ2v) is 5.78. The fourth-order valence-corrected chi connectivity index (χ4v) is 2.42. The molecule has 2 rings (SSSR count). The van der Waals surface area contributed by atoms with Crippen molar-refractivity contribution in [3.05, 3.63) is 69.3 Å². The molecule has 9 heteroatoms. The predicted octanol–water partition coefficient (Wildman–Crippen LogP) is 3.21. The van der Waals surface area contributed by atoms with Crippen LogP contribution in [0.2, 0.25) is 0 Å². The Morgan fingerprint density at radius 2 is 1.59 bits per heavy atom. The molecule has 0 bridgehead atoms.